The summed E-state index contributed by atoms with van der Waals surface area (Å²) >= 11 is 0. The third-order valence-corrected chi connectivity index (χ3v) is 3.27. The molecule has 2 nitrogen and oxygen atoms in total. The molecule has 0 atom stereocenters. The highest BCUT2D eigenvalue weighted by atomic mass is 19.4. The molecule has 1 aromatic rings. The first-order valence-corrected chi connectivity index (χ1v) is 6.47. The smallest absolute Gasteiger partial charge is 0.303 e. The number of carbonyl (C=O) groups excluding carboxylic acids is 2. The molecule has 21 heavy (non-hydrogen) atoms. The molecule has 0 bridgehead atoms. The highest BCUT2D eigenvalue weighted by molar-refractivity contribution is 6.11. The van der Waals surface area contributed by atoms with E-state index in [-0.39, 0.29) is 12.0 Å². The second kappa shape index (κ2) is 6.08. The van der Waals surface area contributed by atoms with Crippen LogP contribution in [0.15, 0.2) is 47.6 Å². The lowest BCUT2D eigenvalue weighted by molar-refractivity contribution is -0.137. The number of alkyl halides is 3. The number of aldehydes is 1. The minimum Gasteiger partial charge on any atom is -0.303 e. The average Bonchev–Trinajstić information content (AvgIpc) is 2.39. The monoisotopic (exact) mass is 294 g/mol. The Kier molecular flexibility index (Phi) is 4.40. The number of hydrogen-bond donors (Lipinski definition) is 0. The van der Waals surface area contributed by atoms with Crippen molar-refractivity contribution in [2.24, 2.45) is 0 Å². The van der Waals surface area contributed by atoms with Crippen LogP contribution in [-0.4, -0.2) is 12.1 Å². The van der Waals surface area contributed by atoms with Gasteiger partial charge in [-0.3, -0.25) is 4.79 Å². The lowest BCUT2D eigenvalue weighted by Crippen LogP contribution is -2.15. The van der Waals surface area contributed by atoms with Gasteiger partial charge in [0.2, 0.25) is 0 Å². The van der Waals surface area contributed by atoms with Crippen molar-refractivity contribution >= 4 is 12.1 Å². The predicted molar refractivity (Wildman–Crippen MR) is 71.9 cm³/mol. The molecule has 0 aliphatic heterocycles. The van der Waals surface area contributed by atoms with E-state index in [0.717, 1.165) is 30.5 Å². The summed E-state index contributed by atoms with van der Waals surface area (Å²) < 4.78 is 38.8. The lowest BCUT2D eigenvalue weighted by Gasteiger charge is -2.14. The zero-order valence-corrected chi connectivity index (χ0v) is 11.1. The van der Waals surface area contributed by atoms with Crippen molar-refractivity contribution in [3.05, 3.63) is 58.7 Å². The number of Topliss-reactive ketones (excluding diaryl/α,β-unsaturated/α-hetero) is 1. The zero-order valence-electron chi connectivity index (χ0n) is 11.1. The van der Waals surface area contributed by atoms with Gasteiger partial charge in [-0.05, 0) is 18.9 Å². The molecule has 0 saturated carbocycles. The third kappa shape index (κ3) is 3.48. The van der Waals surface area contributed by atoms with Crippen molar-refractivity contribution in [3.8, 4) is 0 Å². The summed E-state index contributed by atoms with van der Waals surface area (Å²) in [5.41, 5.74) is -0.426. The predicted octanol–water partition coefficient (Wildman–Crippen LogP) is 4.12. The fourth-order valence-corrected chi connectivity index (χ4v) is 2.07. The number of carbonyl (C=O) groups is 2. The molecule has 0 saturated heterocycles. The molecule has 0 unspecified atom stereocenters. The molecule has 0 aromatic heterocycles. The van der Waals surface area contributed by atoms with Crippen LogP contribution < -0.4 is 0 Å². The number of ketones is 1. The molecule has 0 fully saturated rings. The first kappa shape index (κ1) is 15.2. The van der Waals surface area contributed by atoms with Crippen molar-refractivity contribution in [1.82, 2.24) is 0 Å². The van der Waals surface area contributed by atoms with Gasteiger partial charge in [0.25, 0.3) is 0 Å². The van der Waals surface area contributed by atoms with E-state index in [1.165, 1.54) is 18.2 Å². The maximum Gasteiger partial charge on any atom is 0.417 e. The molecule has 0 heterocycles. The Balaban J connectivity index is 2.42. The Morgan fingerprint density at radius 3 is 2.43 bits per heavy atom. The highest BCUT2D eigenvalue weighted by Crippen LogP contribution is 2.33. The van der Waals surface area contributed by atoms with Gasteiger partial charge in [0.1, 0.15) is 6.29 Å². The minimum atomic E-state index is -4.60. The summed E-state index contributed by atoms with van der Waals surface area (Å²) in [6.45, 7) is 0. The van der Waals surface area contributed by atoms with Crippen LogP contribution in [0.1, 0.15) is 35.2 Å². The third-order valence-electron chi connectivity index (χ3n) is 3.27. The van der Waals surface area contributed by atoms with E-state index in [0.29, 0.717) is 6.29 Å². The van der Waals surface area contributed by atoms with Gasteiger partial charge < -0.3 is 4.79 Å². The molecule has 0 N–H and O–H groups in total. The quantitative estimate of drug-likeness (QED) is 0.465. The fraction of sp³-hybridized carbons (Fsp3) is 0.250. The Bertz CT molecular complexity index is 625. The Morgan fingerprint density at radius 1 is 1.24 bits per heavy atom. The second-order valence-electron chi connectivity index (χ2n) is 4.73. The van der Waals surface area contributed by atoms with Gasteiger partial charge in [-0.15, -0.1) is 0 Å². The Morgan fingerprint density at radius 2 is 1.90 bits per heavy atom. The molecule has 1 aliphatic carbocycles. The van der Waals surface area contributed by atoms with Crippen molar-refractivity contribution < 1.29 is 22.8 Å². The van der Waals surface area contributed by atoms with Crippen molar-refractivity contribution in [2.75, 3.05) is 0 Å². The van der Waals surface area contributed by atoms with E-state index in [2.05, 4.69) is 0 Å². The molecule has 0 radical (unpaired) electrons. The van der Waals surface area contributed by atoms with E-state index in [1.54, 1.807) is 0 Å². The lowest BCUT2D eigenvalue weighted by atomic mass is 9.91. The van der Waals surface area contributed by atoms with Crippen LogP contribution in [0.2, 0.25) is 0 Å². The second-order valence-corrected chi connectivity index (χ2v) is 4.73. The average molecular weight is 294 g/mol. The highest BCUT2D eigenvalue weighted by Gasteiger charge is 2.35. The van der Waals surface area contributed by atoms with E-state index < -0.39 is 23.1 Å². The fourth-order valence-electron chi connectivity index (χ4n) is 2.07. The minimum absolute atomic E-state index is 0.0904. The van der Waals surface area contributed by atoms with Gasteiger partial charge in [0, 0.05) is 17.6 Å². The standard InChI is InChI=1S/C16H13F3O2/c17-16(18,19)14-7-2-1-6-13(14)15(21)12(8-9-20)10-11-4-3-5-11/h1-2,4,6-7,9-10H,3,5,8H2/b12-10-. The van der Waals surface area contributed by atoms with Crippen molar-refractivity contribution in [2.45, 2.75) is 25.4 Å². The summed E-state index contributed by atoms with van der Waals surface area (Å²) in [6.07, 6.45) is 0.793. The normalized spacial score (nSPS) is 15.2. The number of halogens is 3. The topological polar surface area (TPSA) is 34.1 Å². The summed E-state index contributed by atoms with van der Waals surface area (Å²) in [4.78, 5) is 23.0. The van der Waals surface area contributed by atoms with Gasteiger partial charge in [0.05, 0.1) is 5.56 Å². The molecule has 2 rings (SSSR count). The number of rotatable bonds is 5. The van der Waals surface area contributed by atoms with Crippen molar-refractivity contribution in [1.29, 1.82) is 0 Å². The number of hydrogen-bond acceptors (Lipinski definition) is 2. The van der Waals surface area contributed by atoms with Crippen LogP contribution >= 0.6 is 0 Å². The van der Waals surface area contributed by atoms with E-state index >= 15 is 0 Å². The van der Waals surface area contributed by atoms with Gasteiger partial charge in [-0.2, -0.15) is 13.2 Å². The van der Waals surface area contributed by atoms with Gasteiger partial charge in [0.15, 0.2) is 5.78 Å². The van der Waals surface area contributed by atoms with Crippen LogP contribution in [0.25, 0.3) is 0 Å². The molecule has 110 valence electrons. The summed E-state index contributed by atoms with van der Waals surface area (Å²) in [6, 6.07) is 4.62. The first-order chi connectivity index (χ1) is 9.93. The Labute approximate surface area is 120 Å². The van der Waals surface area contributed by atoms with Crippen LogP contribution in [0.5, 0.6) is 0 Å². The van der Waals surface area contributed by atoms with Crippen LogP contribution in [0, 0.1) is 0 Å². The SMILES string of the molecule is O=CC/C(=C/C1=CCC1)C(=O)c1ccccc1C(F)(F)F. The largest absolute Gasteiger partial charge is 0.417 e. The molecule has 5 heteroatoms. The van der Waals surface area contributed by atoms with Crippen LogP contribution in [0.3, 0.4) is 0 Å². The summed E-state index contributed by atoms with van der Waals surface area (Å²) in [5, 5.41) is 0. The van der Waals surface area contributed by atoms with E-state index in [9.17, 15) is 22.8 Å². The number of allylic oxidation sites excluding steroid dienone is 4. The van der Waals surface area contributed by atoms with Crippen LogP contribution in [0.4, 0.5) is 13.2 Å². The molecule has 0 amide bonds. The summed E-state index contributed by atoms with van der Waals surface area (Å²) in [7, 11) is 0. The molecular formula is C16H13F3O2. The summed E-state index contributed by atoms with van der Waals surface area (Å²) in [5.74, 6) is -0.747. The maximum atomic E-state index is 12.9. The number of benzene rings is 1. The van der Waals surface area contributed by atoms with Gasteiger partial charge in [-0.1, -0.05) is 35.9 Å². The zero-order chi connectivity index (χ0) is 15.5. The van der Waals surface area contributed by atoms with E-state index in [1.807, 2.05) is 6.08 Å². The first-order valence-electron chi connectivity index (χ1n) is 6.47. The molecule has 0 spiro atoms. The maximum absolute atomic E-state index is 12.9. The van der Waals surface area contributed by atoms with Crippen molar-refractivity contribution in [3.63, 3.8) is 0 Å². The van der Waals surface area contributed by atoms with E-state index in [4.69, 9.17) is 0 Å². The molecular weight excluding hydrogens is 281 g/mol. The molecule has 1 aliphatic rings. The van der Waals surface area contributed by atoms with Crippen LogP contribution in [-0.2, 0) is 11.0 Å². The Hall–Kier alpha value is -2.17. The van der Waals surface area contributed by atoms with Gasteiger partial charge in [-0.25, -0.2) is 0 Å². The molecule has 1 aromatic carbocycles. The van der Waals surface area contributed by atoms with Gasteiger partial charge >= 0.3 is 6.18 Å².